The molecule has 3 heterocycles. The fourth-order valence-corrected chi connectivity index (χ4v) is 15.9. The summed E-state index contributed by atoms with van der Waals surface area (Å²) in [7, 11) is 0. The number of benzene rings is 5. The molecule has 8 aliphatic rings. The number of fused-ring (bicyclic) bond motifs is 15. The first-order valence-corrected chi connectivity index (χ1v) is 21.2. The van der Waals surface area contributed by atoms with Crippen LogP contribution in [0.15, 0.2) is 71.1 Å². The molecule has 7 unspecified atom stereocenters. The number of nitriles is 2. The van der Waals surface area contributed by atoms with Gasteiger partial charge in [0, 0.05) is 37.9 Å². The van der Waals surface area contributed by atoms with Crippen molar-refractivity contribution in [3.63, 3.8) is 0 Å². The molecule has 1 spiro atoms. The van der Waals surface area contributed by atoms with Crippen LogP contribution in [0.5, 0.6) is 0 Å². The Hall–Kier alpha value is -5.32. The Morgan fingerprint density at radius 3 is 1.87 bits per heavy atom. The van der Waals surface area contributed by atoms with E-state index in [1.807, 2.05) is 0 Å². The summed E-state index contributed by atoms with van der Waals surface area (Å²) < 4.78 is 9.27. The Kier molecular flexibility index (Phi) is 4.95. The lowest BCUT2D eigenvalue weighted by molar-refractivity contribution is 0.00322. The Bertz CT molecular complexity index is 3200. The molecule has 55 heavy (non-hydrogen) atoms. The molecule has 0 aliphatic heterocycles. The van der Waals surface area contributed by atoms with Gasteiger partial charge < -0.3 is 8.82 Å². The van der Waals surface area contributed by atoms with E-state index in [0.717, 1.165) is 62.3 Å². The molecule has 0 saturated heterocycles. The number of nitrogens with zero attached hydrogens (tertiary/aromatic N) is 3. The summed E-state index contributed by atoms with van der Waals surface area (Å²) in [4.78, 5) is 0. The predicted molar refractivity (Wildman–Crippen MR) is 217 cm³/mol. The molecule has 0 N–H and O–H groups in total. The van der Waals surface area contributed by atoms with Gasteiger partial charge in [0.05, 0.1) is 39.8 Å². The van der Waals surface area contributed by atoms with Gasteiger partial charge in [-0.25, -0.2) is 0 Å². The molecule has 7 atom stereocenters. The maximum atomic E-state index is 11.0. The summed E-state index contributed by atoms with van der Waals surface area (Å²) in [6.45, 7) is 0. The van der Waals surface area contributed by atoms with Crippen LogP contribution in [-0.4, -0.2) is 4.40 Å². The van der Waals surface area contributed by atoms with Gasteiger partial charge in [-0.15, -0.1) is 0 Å². The minimum atomic E-state index is 0.475. The van der Waals surface area contributed by atoms with Gasteiger partial charge in [0.1, 0.15) is 11.2 Å². The van der Waals surface area contributed by atoms with Crippen molar-refractivity contribution in [2.75, 3.05) is 0 Å². The number of hydrogen-bond acceptors (Lipinski definition) is 3. The smallest absolute Gasteiger partial charge is 0.143 e. The highest BCUT2D eigenvalue weighted by molar-refractivity contribution is 6.27. The monoisotopic (exact) mass is 709 g/mol. The van der Waals surface area contributed by atoms with Crippen molar-refractivity contribution in [1.29, 1.82) is 10.5 Å². The third-order valence-electron chi connectivity index (χ3n) is 17.4. The standard InChI is InChI=1S/C51H39N3O/c52-22-31-17-40-47(45-28-11-24-8-25(12-28)10-27(9-24)43(31)45)38-15-26(35-5-3-6-37-36-4-1-2-7-42(36)55-50(35)37)16-39-48-41(54(40)49(38)39)18-32(23-53)44-29-13-33-19-34-14-30(46(44)48)21-51(33,34)20-29/h1-7,15-18,24-25,27-30,33-34H,8-14,19-21H2. The predicted octanol–water partition coefficient (Wildman–Crippen LogP) is 12.9. The quantitative estimate of drug-likeness (QED) is 0.170. The average molecular weight is 710 g/mol. The highest BCUT2D eigenvalue weighted by Gasteiger charge is 2.66. The second-order valence-electron chi connectivity index (χ2n) is 19.5. The molecule has 4 heteroatoms. The summed E-state index contributed by atoms with van der Waals surface area (Å²) in [5.74, 6) is 5.18. The van der Waals surface area contributed by atoms with Crippen LogP contribution in [-0.2, 0) is 0 Å². The van der Waals surface area contributed by atoms with Crippen molar-refractivity contribution in [3.05, 3.63) is 100 Å². The van der Waals surface area contributed by atoms with Crippen LogP contribution in [0.25, 0.3) is 71.2 Å². The molecule has 264 valence electrons. The topological polar surface area (TPSA) is 65.1 Å². The number of hydrogen-bond donors (Lipinski definition) is 0. The van der Waals surface area contributed by atoms with Crippen molar-refractivity contribution in [3.8, 4) is 23.3 Å². The van der Waals surface area contributed by atoms with Gasteiger partial charge in [0.25, 0.3) is 0 Å². The van der Waals surface area contributed by atoms with E-state index in [1.54, 1.807) is 0 Å². The molecule has 5 saturated carbocycles. The summed E-state index contributed by atoms with van der Waals surface area (Å²) in [6, 6.07) is 30.2. The maximum Gasteiger partial charge on any atom is 0.143 e. The minimum absolute atomic E-state index is 0.475. The highest BCUT2D eigenvalue weighted by atomic mass is 16.3. The van der Waals surface area contributed by atoms with Gasteiger partial charge >= 0.3 is 0 Å². The van der Waals surface area contributed by atoms with Crippen molar-refractivity contribution >= 4 is 60.0 Å². The van der Waals surface area contributed by atoms with Crippen molar-refractivity contribution in [2.45, 2.75) is 87.9 Å². The molecule has 16 rings (SSSR count). The summed E-state index contributed by atoms with van der Waals surface area (Å²) in [6.07, 6.45) is 12.8. The van der Waals surface area contributed by atoms with Gasteiger partial charge in [0.15, 0.2) is 0 Å². The summed E-state index contributed by atoms with van der Waals surface area (Å²) in [5.41, 5.74) is 15.9. The molecular formula is C51H39N3O. The molecule has 8 aliphatic carbocycles. The first-order valence-electron chi connectivity index (χ1n) is 21.2. The zero-order valence-electron chi connectivity index (χ0n) is 30.8. The van der Waals surface area contributed by atoms with Crippen LogP contribution < -0.4 is 0 Å². The molecule has 0 radical (unpaired) electrons. The van der Waals surface area contributed by atoms with E-state index in [0.29, 0.717) is 29.1 Å². The Balaban J connectivity index is 1.14. The zero-order chi connectivity index (χ0) is 35.6. The molecule has 3 aromatic heterocycles. The lowest BCUT2D eigenvalue weighted by Gasteiger charge is -2.48. The third-order valence-corrected chi connectivity index (χ3v) is 17.4. The van der Waals surface area contributed by atoms with Crippen molar-refractivity contribution in [1.82, 2.24) is 4.40 Å². The van der Waals surface area contributed by atoms with Gasteiger partial charge in [-0.1, -0.05) is 36.4 Å². The lowest BCUT2D eigenvalue weighted by Crippen LogP contribution is -2.41. The van der Waals surface area contributed by atoms with Crippen LogP contribution in [0.2, 0.25) is 0 Å². The second kappa shape index (κ2) is 9.37. The summed E-state index contributed by atoms with van der Waals surface area (Å²) >= 11 is 0. The fourth-order valence-electron chi connectivity index (χ4n) is 15.9. The van der Waals surface area contributed by atoms with Crippen LogP contribution in [0.4, 0.5) is 0 Å². The minimum Gasteiger partial charge on any atom is -0.455 e. The molecular weight excluding hydrogens is 671 g/mol. The van der Waals surface area contributed by atoms with Gasteiger partial charge in [-0.05, 0) is 175 Å². The number of aromatic nitrogens is 1. The number of para-hydroxylation sites is 2. The fraction of sp³-hybridized carbons (Fsp3) is 0.373. The largest absolute Gasteiger partial charge is 0.455 e. The Labute approximate surface area is 318 Å². The van der Waals surface area contributed by atoms with Gasteiger partial charge in [-0.2, -0.15) is 10.5 Å². The number of rotatable bonds is 1. The molecule has 0 amide bonds. The van der Waals surface area contributed by atoms with E-state index in [9.17, 15) is 10.5 Å². The lowest BCUT2D eigenvalue weighted by atomic mass is 9.56. The maximum absolute atomic E-state index is 11.0. The van der Waals surface area contributed by atoms with E-state index < -0.39 is 0 Å². The third kappa shape index (κ3) is 3.21. The average Bonchev–Trinajstić information content (AvgIpc) is 3.94. The van der Waals surface area contributed by atoms with E-state index in [1.165, 1.54) is 130 Å². The van der Waals surface area contributed by atoms with E-state index in [2.05, 4.69) is 83.3 Å². The van der Waals surface area contributed by atoms with E-state index >= 15 is 0 Å². The van der Waals surface area contributed by atoms with Crippen LogP contribution >= 0.6 is 0 Å². The normalized spacial score (nSPS) is 32.0. The zero-order valence-corrected chi connectivity index (χ0v) is 30.8. The Morgan fingerprint density at radius 1 is 0.582 bits per heavy atom. The van der Waals surface area contributed by atoms with Crippen LogP contribution in [0, 0.1) is 51.7 Å². The highest BCUT2D eigenvalue weighted by Crippen LogP contribution is 2.77. The van der Waals surface area contributed by atoms with Gasteiger partial charge in [0.2, 0.25) is 0 Å². The SMILES string of the molecule is N#Cc1cc2c(c3c1C1CC4CC(C1)CC3C4)c1cc(-c3cccc4c3oc3ccccc34)cc3c4c5c(c(C#N)cc4n2c13)C1CC2CC3CC5CC23C1. The van der Waals surface area contributed by atoms with E-state index in [-0.39, 0.29) is 0 Å². The van der Waals surface area contributed by atoms with Gasteiger partial charge in [-0.3, -0.25) is 0 Å². The first-order chi connectivity index (χ1) is 27.1. The number of furan rings is 1. The molecule has 8 aromatic rings. The van der Waals surface area contributed by atoms with Crippen molar-refractivity contribution < 1.29 is 4.42 Å². The summed E-state index contributed by atoms with van der Waals surface area (Å²) in [5, 5.41) is 29.7. The first kappa shape index (κ1) is 29.0. The molecule has 5 aromatic carbocycles. The van der Waals surface area contributed by atoms with Crippen LogP contribution in [0.3, 0.4) is 0 Å². The molecule has 4 nitrogen and oxygen atoms in total. The molecule has 7 bridgehead atoms. The van der Waals surface area contributed by atoms with Crippen molar-refractivity contribution in [2.24, 2.45) is 29.1 Å². The Morgan fingerprint density at radius 2 is 1.18 bits per heavy atom. The second-order valence-corrected chi connectivity index (χ2v) is 19.5. The molecule has 5 fully saturated rings. The van der Waals surface area contributed by atoms with Crippen LogP contribution in [0.1, 0.15) is 121 Å². The van der Waals surface area contributed by atoms with E-state index in [4.69, 9.17) is 4.42 Å².